The maximum Gasteiger partial charge on any atom is 0.274 e. The van der Waals surface area contributed by atoms with Crippen LogP contribution in [-0.4, -0.2) is 34.9 Å². The maximum atomic E-state index is 11.2. The number of benzene rings is 1. The summed E-state index contributed by atoms with van der Waals surface area (Å²) >= 11 is 0. The van der Waals surface area contributed by atoms with Crippen molar-refractivity contribution in [1.29, 1.82) is 0 Å². The summed E-state index contributed by atoms with van der Waals surface area (Å²) in [5, 5.41) is 11.2. The average molecular weight is 329 g/mol. The maximum absolute atomic E-state index is 11.2. The molecule has 1 fully saturated rings. The van der Waals surface area contributed by atoms with Crippen LogP contribution in [0.25, 0.3) is 0 Å². The normalized spacial score (nSPS) is 19.5. The van der Waals surface area contributed by atoms with Crippen molar-refractivity contribution < 1.29 is 9.72 Å². The van der Waals surface area contributed by atoms with Gasteiger partial charge in [-0.15, -0.1) is 12.4 Å². The van der Waals surface area contributed by atoms with Gasteiger partial charge >= 0.3 is 0 Å². The largest absolute Gasteiger partial charge is 0.366 e. The lowest BCUT2D eigenvalue weighted by Gasteiger charge is -2.18. The van der Waals surface area contributed by atoms with E-state index in [2.05, 4.69) is 4.90 Å². The molecule has 1 aromatic rings. The number of carbonyl (C=O) groups is 1. The van der Waals surface area contributed by atoms with E-state index in [1.165, 1.54) is 12.1 Å². The first-order chi connectivity index (χ1) is 9.88. The molecule has 1 aliphatic heterocycles. The van der Waals surface area contributed by atoms with Crippen LogP contribution in [0.1, 0.15) is 29.3 Å². The number of nitrogens with zero attached hydrogens (tertiary/aromatic N) is 2. The van der Waals surface area contributed by atoms with Gasteiger partial charge in [-0.2, -0.15) is 0 Å². The van der Waals surface area contributed by atoms with Crippen molar-refractivity contribution in [3.8, 4) is 0 Å². The van der Waals surface area contributed by atoms with Crippen LogP contribution in [0, 0.1) is 16.0 Å². The number of hydrogen-bond donors (Lipinski definition) is 2. The number of rotatable bonds is 5. The molecule has 1 amide bonds. The lowest BCUT2D eigenvalue weighted by atomic mass is 10.0. The fourth-order valence-corrected chi connectivity index (χ4v) is 2.70. The summed E-state index contributed by atoms with van der Waals surface area (Å²) in [6.07, 6.45) is 1.00. The van der Waals surface area contributed by atoms with Gasteiger partial charge < -0.3 is 11.5 Å². The molecule has 1 heterocycles. The van der Waals surface area contributed by atoms with Gasteiger partial charge in [0.1, 0.15) is 0 Å². The molecule has 1 aliphatic rings. The van der Waals surface area contributed by atoms with Crippen LogP contribution in [0.15, 0.2) is 18.2 Å². The summed E-state index contributed by atoms with van der Waals surface area (Å²) in [6, 6.07) is 4.51. The second-order valence-electron chi connectivity index (χ2n) is 5.61. The minimum Gasteiger partial charge on any atom is -0.366 e. The first-order valence-corrected chi connectivity index (χ1v) is 6.93. The van der Waals surface area contributed by atoms with Crippen molar-refractivity contribution in [2.75, 3.05) is 13.1 Å². The molecule has 0 aromatic heterocycles. The van der Waals surface area contributed by atoms with E-state index < -0.39 is 10.8 Å². The highest BCUT2D eigenvalue weighted by atomic mass is 35.5. The Balaban J connectivity index is 0.00000242. The summed E-state index contributed by atoms with van der Waals surface area (Å²) in [7, 11) is 0. The van der Waals surface area contributed by atoms with Crippen molar-refractivity contribution in [2.45, 2.75) is 25.9 Å². The average Bonchev–Trinajstić information content (AvgIpc) is 2.87. The second-order valence-corrected chi connectivity index (χ2v) is 5.61. The van der Waals surface area contributed by atoms with Crippen LogP contribution in [-0.2, 0) is 6.54 Å². The van der Waals surface area contributed by atoms with Crippen molar-refractivity contribution in [2.24, 2.45) is 17.4 Å². The van der Waals surface area contributed by atoms with Crippen LogP contribution in [0.2, 0.25) is 0 Å². The Hall–Kier alpha value is -1.70. The van der Waals surface area contributed by atoms with Crippen molar-refractivity contribution >= 4 is 24.0 Å². The first kappa shape index (κ1) is 18.3. The summed E-state index contributed by atoms with van der Waals surface area (Å²) in [5.74, 6) is -0.239. The molecule has 0 bridgehead atoms. The van der Waals surface area contributed by atoms with Gasteiger partial charge in [0.25, 0.3) is 5.69 Å². The number of nitrogens with two attached hydrogens (primary N) is 2. The van der Waals surface area contributed by atoms with Crippen molar-refractivity contribution in [1.82, 2.24) is 4.90 Å². The zero-order valence-electron chi connectivity index (χ0n) is 12.4. The third kappa shape index (κ3) is 4.16. The number of likely N-dealkylation sites (tertiary alicyclic amines) is 1. The number of amides is 1. The number of hydrogen-bond acceptors (Lipinski definition) is 5. The summed E-state index contributed by atoms with van der Waals surface area (Å²) < 4.78 is 0. The topological polar surface area (TPSA) is 115 Å². The molecule has 0 saturated carbocycles. The summed E-state index contributed by atoms with van der Waals surface area (Å²) in [6.45, 7) is 4.18. The Morgan fingerprint density at radius 2 is 2.23 bits per heavy atom. The van der Waals surface area contributed by atoms with Crippen molar-refractivity contribution in [3.05, 3.63) is 39.4 Å². The standard InChI is InChI=1S/C14H20N4O3.ClH/c1-9(15)11-4-5-17(7-11)8-12-3-2-10(14(16)19)6-13(12)18(20)21;/h2-3,6,9,11H,4-5,7-8,15H2,1H3,(H2,16,19);1H. The molecule has 1 aromatic carbocycles. The molecule has 7 nitrogen and oxygen atoms in total. The number of halogens is 1. The van der Waals surface area contributed by atoms with Crippen LogP contribution in [0.3, 0.4) is 0 Å². The van der Waals surface area contributed by atoms with Gasteiger partial charge in [0.15, 0.2) is 0 Å². The third-order valence-electron chi connectivity index (χ3n) is 4.01. The highest BCUT2D eigenvalue weighted by Crippen LogP contribution is 2.25. The molecule has 8 heteroatoms. The van der Waals surface area contributed by atoms with E-state index in [1.54, 1.807) is 6.07 Å². The number of nitro benzene ring substituents is 1. The zero-order valence-corrected chi connectivity index (χ0v) is 13.2. The molecule has 0 aliphatic carbocycles. The highest BCUT2D eigenvalue weighted by Gasteiger charge is 2.27. The molecule has 0 radical (unpaired) electrons. The van der Waals surface area contributed by atoms with Crippen LogP contribution >= 0.6 is 12.4 Å². The molecular weight excluding hydrogens is 308 g/mol. The van der Waals surface area contributed by atoms with E-state index in [-0.39, 0.29) is 29.7 Å². The monoisotopic (exact) mass is 328 g/mol. The van der Waals surface area contributed by atoms with Gasteiger partial charge in [-0.3, -0.25) is 19.8 Å². The molecule has 22 heavy (non-hydrogen) atoms. The lowest BCUT2D eigenvalue weighted by molar-refractivity contribution is -0.385. The van der Waals surface area contributed by atoms with Gasteiger partial charge in [-0.05, 0) is 31.9 Å². The summed E-state index contributed by atoms with van der Waals surface area (Å²) in [4.78, 5) is 24.0. The first-order valence-electron chi connectivity index (χ1n) is 6.93. The van der Waals surface area contributed by atoms with Gasteiger partial charge in [0.05, 0.1) is 4.92 Å². The number of carbonyl (C=O) groups excluding carboxylic acids is 1. The summed E-state index contributed by atoms with van der Waals surface area (Å²) in [5.41, 5.74) is 11.7. The minimum absolute atomic E-state index is 0. The molecular formula is C14H21ClN4O3. The zero-order chi connectivity index (χ0) is 15.6. The van der Waals surface area contributed by atoms with Gasteiger partial charge in [-0.1, -0.05) is 6.07 Å². The molecule has 2 rings (SSSR count). The highest BCUT2D eigenvalue weighted by molar-refractivity contribution is 5.93. The van der Waals surface area contributed by atoms with E-state index in [1.807, 2.05) is 6.92 Å². The van der Waals surface area contributed by atoms with Crippen molar-refractivity contribution in [3.63, 3.8) is 0 Å². The Bertz CT molecular complexity index is 565. The third-order valence-corrected chi connectivity index (χ3v) is 4.01. The second kappa shape index (κ2) is 7.53. The van der Waals surface area contributed by atoms with Gasteiger partial charge in [-0.25, -0.2) is 0 Å². The van der Waals surface area contributed by atoms with E-state index in [0.717, 1.165) is 19.5 Å². The molecule has 1 saturated heterocycles. The number of primary amides is 1. The fraction of sp³-hybridized carbons (Fsp3) is 0.500. The SMILES string of the molecule is CC(N)C1CCN(Cc2ccc(C(N)=O)cc2[N+](=O)[O-])C1.Cl. The molecule has 122 valence electrons. The Morgan fingerprint density at radius 3 is 2.73 bits per heavy atom. The number of nitro groups is 1. The predicted octanol–water partition coefficient (Wildman–Crippen LogP) is 1.28. The smallest absolute Gasteiger partial charge is 0.274 e. The van der Waals surface area contributed by atoms with Crippen LogP contribution < -0.4 is 11.5 Å². The van der Waals surface area contributed by atoms with Crippen LogP contribution in [0.5, 0.6) is 0 Å². The molecule has 4 N–H and O–H groups in total. The van der Waals surface area contributed by atoms with Gasteiger partial charge in [0, 0.05) is 36.3 Å². The molecule has 2 atom stereocenters. The van der Waals surface area contributed by atoms with Crippen LogP contribution in [0.4, 0.5) is 5.69 Å². The minimum atomic E-state index is -0.664. The fourth-order valence-electron chi connectivity index (χ4n) is 2.70. The Kier molecular flexibility index (Phi) is 6.28. The van der Waals surface area contributed by atoms with E-state index in [4.69, 9.17) is 11.5 Å². The quantitative estimate of drug-likeness (QED) is 0.624. The predicted molar refractivity (Wildman–Crippen MR) is 85.9 cm³/mol. The Labute approximate surface area is 135 Å². The van der Waals surface area contributed by atoms with E-state index >= 15 is 0 Å². The lowest BCUT2D eigenvalue weighted by Crippen LogP contribution is -2.29. The molecule has 2 unspecified atom stereocenters. The Morgan fingerprint density at radius 1 is 1.55 bits per heavy atom. The molecule has 0 spiro atoms. The van der Waals surface area contributed by atoms with Gasteiger partial charge in [0.2, 0.25) is 5.91 Å². The van der Waals surface area contributed by atoms with E-state index in [9.17, 15) is 14.9 Å². The van der Waals surface area contributed by atoms with E-state index in [0.29, 0.717) is 18.0 Å².